The van der Waals surface area contributed by atoms with Crippen LogP contribution in [0.25, 0.3) is 0 Å². The fraction of sp³-hybridized carbons (Fsp3) is 0.600. The van der Waals surface area contributed by atoms with E-state index < -0.39 is 0 Å². The van der Waals surface area contributed by atoms with Crippen LogP contribution in [0.5, 0.6) is 0 Å². The molecule has 3 heteroatoms. The molecule has 1 aliphatic rings. The highest BCUT2D eigenvalue weighted by Gasteiger charge is 2.34. The average molecular weight is 250 g/mol. The van der Waals surface area contributed by atoms with Gasteiger partial charge < -0.3 is 5.73 Å². The van der Waals surface area contributed by atoms with Crippen molar-refractivity contribution in [1.29, 1.82) is 0 Å². The van der Waals surface area contributed by atoms with E-state index in [0.717, 1.165) is 31.0 Å². The van der Waals surface area contributed by atoms with Gasteiger partial charge in [-0.2, -0.15) is 0 Å². The van der Waals surface area contributed by atoms with Crippen LogP contribution in [0.4, 0.5) is 4.39 Å². The largest absolute Gasteiger partial charge is 0.329 e. The molecule has 2 nitrogen and oxygen atoms in total. The predicted molar refractivity (Wildman–Crippen MR) is 72.9 cm³/mol. The molecule has 0 bridgehead atoms. The third-order valence-electron chi connectivity index (χ3n) is 4.10. The van der Waals surface area contributed by atoms with Gasteiger partial charge in [-0.15, -0.1) is 0 Å². The van der Waals surface area contributed by atoms with Crippen molar-refractivity contribution in [3.05, 3.63) is 35.6 Å². The Bertz CT molecular complexity index is 407. The molecule has 2 unspecified atom stereocenters. The number of likely N-dealkylation sites (tertiary alicyclic amines) is 1. The summed E-state index contributed by atoms with van der Waals surface area (Å²) >= 11 is 0. The molecule has 0 spiro atoms. The minimum atomic E-state index is -0.165. The normalized spacial score (nSPS) is 24.1. The molecule has 0 aromatic heterocycles. The maximum atomic E-state index is 13.2. The van der Waals surface area contributed by atoms with Crippen molar-refractivity contribution in [3.63, 3.8) is 0 Å². The molecule has 2 N–H and O–H groups in total. The Morgan fingerprint density at radius 2 is 2.28 bits per heavy atom. The Labute approximate surface area is 109 Å². The molecule has 1 saturated heterocycles. The second-order valence-corrected chi connectivity index (χ2v) is 5.85. The summed E-state index contributed by atoms with van der Waals surface area (Å²) in [5.74, 6) is 0.574. The van der Waals surface area contributed by atoms with Crippen molar-refractivity contribution < 1.29 is 4.39 Å². The Morgan fingerprint density at radius 1 is 1.50 bits per heavy atom. The van der Waals surface area contributed by atoms with Crippen LogP contribution < -0.4 is 5.73 Å². The van der Waals surface area contributed by atoms with Gasteiger partial charge in [-0.05, 0) is 49.9 Å². The van der Waals surface area contributed by atoms with Crippen LogP contribution in [0.2, 0.25) is 0 Å². The van der Waals surface area contributed by atoms with Crippen LogP contribution in [-0.2, 0) is 6.42 Å². The summed E-state index contributed by atoms with van der Waals surface area (Å²) in [4.78, 5) is 2.46. The summed E-state index contributed by atoms with van der Waals surface area (Å²) in [7, 11) is 0. The van der Waals surface area contributed by atoms with E-state index >= 15 is 0 Å². The molecule has 1 heterocycles. The lowest BCUT2D eigenvalue weighted by Gasteiger charge is -2.38. The van der Waals surface area contributed by atoms with Gasteiger partial charge in [0.25, 0.3) is 0 Å². The van der Waals surface area contributed by atoms with Gasteiger partial charge in [0.2, 0.25) is 0 Å². The molecule has 1 aliphatic heterocycles. The second kappa shape index (κ2) is 5.37. The molecule has 1 aromatic rings. The maximum absolute atomic E-state index is 13.2. The van der Waals surface area contributed by atoms with Gasteiger partial charge in [-0.1, -0.05) is 19.1 Å². The lowest BCUT2D eigenvalue weighted by molar-refractivity contribution is 0.138. The van der Waals surface area contributed by atoms with Crippen molar-refractivity contribution in [2.45, 2.75) is 32.2 Å². The summed E-state index contributed by atoms with van der Waals surface area (Å²) in [6, 6.07) is 6.86. The summed E-state index contributed by atoms with van der Waals surface area (Å²) < 4.78 is 13.2. The van der Waals surface area contributed by atoms with Crippen LogP contribution in [0.15, 0.2) is 24.3 Å². The molecule has 100 valence electrons. The van der Waals surface area contributed by atoms with E-state index in [2.05, 4.69) is 18.7 Å². The second-order valence-electron chi connectivity index (χ2n) is 5.85. The predicted octanol–water partition coefficient (Wildman–Crippen LogP) is 2.43. The minimum absolute atomic E-state index is 0.0570. The number of nitrogens with two attached hydrogens (primary N) is 1. The number of halogens is 1. The van der Waals surface area contributed by atoms with Gasteiger partial charge in [0, 0.05) is 18.6 Å². The van der Waals surface area contributed by atoms with Crippen LogP contribution in [0.3, 0.4) is 0 Å². The first kappa shape index (κ1) is 13.5. The molecule has 0 saturated carbocycles. The first-order chi connectivity index (χ1) is 8.53. The van der Waals surface area contributed by atoms with Crippen molar-refractivity contribution in [1.82, 2.24) is 4.90 Å². The number of rotatable bonds is 4. The first-order valence-corrected chi connectivity index (χ1v) is 6.73. The first-order valence-electron chi connectivity index (χ1n) is 6.73. The molecule has 2 rings (SSSR count). The third kappa shape index (κ3) is 2.90. The van der Waals surface area contributed by atoms with Gasteiger partial charge in [0.05, 0.1) is 0 Å². The fourth-order valence-corrected chi connectivity index (χ4v) is 2.83. The van der Waals surface area contributed by atoms with Crippen LogP contribution >= 0.6 is 0 Å². The smallest absolute Gasteiger partial charge is 0.123 e. The zero-order chi connectivity index (χ0) is 13.2. The topological polar surface area (TPSA) is 29.3 Å². The molecular weight excluding hydrogens is 227 g/mol. The lowest BCUT2D eigenvalue weighted by atomic mass is 9.91. The molecule has 0 radical (unpaired) electrons. The number of hydrogen-bond donors (Lipinski definition) is 1. The van der Waals surface area contributed by atoms with E-state index in [9.17, 15) is 4.39 Å². The fourth-order valence-electron chi connectivity index (χ4n) is 2.83. The summed E-state index contributed by atoms with van der Waals surface area (Å²) in [6.45, 7) is 7.28. The van der Waals surface area contributed by atoms with Crippen LogP contribution in [0.1, 0.15) is 25.8 Å². The highest BCUT2D eigenvalue weighted by Crippen LogP contribution is 2.27. The molecule has 0 amide bonds. The number of benzene rings is 1. The summed E-state index contributed by atoms with van der Waals surface area (Å²) in [5.41, 5.74) is 6.96. The van der Waals surface area contributed by atoms with Crippen LogP contribution in [-0.4, -0.2) is 30.1 Å². The van der Waals surface area contributed by atoms with Crippen molar-refractivity contribution >= 4 is 0 Å². The van der Waals surface area contributed by atoms with Crippen molar-refractivity contribution in [3.8, 4) is 0 Å². The monoisotopic (exact) mass is 250 g/mol. The van der Waals surface area contributed by atoms with Gasteiger partial charge in [0.15, 0.2) is 0 Å². The van der Waals surface area contributed by atoms with Gasteiger partial charge >= 0.3 is 0 Å². The maximum Gasteiger partial charge on any atom is 0.123 e. The van der Waals surface area contributed by atoms with E-state index in [1.807, 2.05) is 6.07 Å². The number of nitrogens with zero attached hydrogens (tertiary/aromatic N) is 1. The Hall–Kier alpha value is -0.930. The lowest BCUT2D eigenvalue weighted by Crippen LogP contribution is -2.52. The third-order valence-corrected chi connectivity index (χ3v) is 4.10. The average Bonchev–Trinajstić information content (AvgIpc) is 2.76. The standard InChI is InChI=1S/C15H23FN2/c1-12-6-7-18(10-12)15(2,11-17)9-13-4-3-5-14(16)8-13/h3-5,8,12H,6-7,9-11,17H2,1-2H3. The number of hydrogen-bond acceptors (Lipinski definition) is 2. The zero-order valence-electron chi connectivity index (χ0n) is 11.3. The van der Waals surface area contributed by atoms with Crippen molar-refractivity contribution in [2.24, 2.45) is 11.7 Å². The molecule has 18 heavy (non-hydrogen) atoms. The zero-order valence-corrected chi connectivity index (χ0v) is 11.3. The van der Waals surface area contributed by atoms with E-state index in [1.54, 1.807) is 12.1 Å². The van der Waals surface area contributed by atoms with E-state index in [4.69, 9.17) is 5.73 Å². The summed E-state index contributed by atoms with van der Waals surface area (Å²) in [5, 5.41) is 0. The van der Waals surface area contributed by atoms with Crippen LogP contribution in [0, 0.1) is 11.7 Å². The SMILES string of the molecule is CC1CCN(C(C)(CN)Cc2cccc(F)c2)C1. The van der Waals surface area contributed by atoms with Gasteiger partial charge in [0.1, 0.15) is 5.82 Å². The highest BCUT2D eigenvalue weighted by atomic mass is 19.1. The molecule has 2 atom stereocenters. The summed E-state index contributed by atoms with van der Waals surface area (Å²) in [6.07, 6.45) is 2.05. The van der Waals surface area contributed by atoms with E-state index in [1.165, 1.54) is 12.5 Å². The highest BCUT2D eigenvalue weighted by molar-refractivity contribution is 5.19. The Balaban J connectivity index is 2.12. The Kier molecular flexibility index (Phi) is 4.03. The molecule has 0 aliphatic carbocycles. The Morgan fingerprint density at radius 3 is 2.83 bits per heavy atom. The van der Waals surface area contributed by atoms with E-state index in [0.29, 0.717) is 6.54 Å². The molecule has 1 fully saturated rings. The minimum Gasteiger partial charge on any atom is -0.329 e. The molecular formula is C15H23FN2. The van der Waals surface area contributed by atoms with Crippen molar-refractivity contribution in [2.75, 3.05) is 19.6 Å². The molecule has 1 aromatic carbocycles. The van der Waals surface area contributed by atoms with Gasteiger partial charge in [-0.3, -0.25) is 4.90 Å². The van der Waals surface area contributed by atoms with Gasteiger partial charge in [-0.25, -0.2) is 4.39 Å². The van der Waals surface area contributed by atoms with E-state index in [-0.39, 0.29) is 11.4 Å². The quantitative estimate of drug-likeness (QED) is 0.889.